The van der Waals surface area contributed by atoms with Crippen LogP contribution in [0.1, 0.15) is 12.5 Å². The van der Waals surface area contributed by atoms with E-state index < -0.39 is 21.0 Å². The van der Waals surface area contributed by atoms with Crippen molar-refractivity contribution in [2.24, 2.45) is 5.92 Å². The van der Waals surface area contributed by atoms with E-state index in [4.69, 9.17) is 4.74 Å². The smallest absolute Gasteiger partial charge is 0.238 e. The third-order valence-electron chi connectivity index (χ3n) is 3.53. The molecule has 1 aliphatic rings. The summed E-state index contributed by atoms with van der Waals surface area (Å²) in [6.07, 6.45) is 1.89. The van der Waals surface area contributed by atoms with Crippen molar-refractivity contribution in [2.45, 2.75) is 18.6 Å². The van der Waals surface area contributed by atoms with E-state index in [-0.39, 0.29) is 5.92 Å². The summed E-state index contributed by atoms with van der Waals surface area (Å²) in [5.74, 6) is 0.603. The standard InChI is InChI=1S/C14H19NO4S/c1-10(20(2,17)18)14(16)15-8-11-7-12-5-3-4-6-13(12)19-9-11/h3-6,10-11H,7-9H2,1-2H3,(H,15,16)/t10-,11-/m1/s1. The summed E-state index contributed by atoms with van der Waals surface area (Å²) in [7, 11) is -3.35. The average molecular weight is 297 g/mol. The number of para-hydroxylation sites is 1. The van der Waals surface area contributed by atoms with Gasteiger partial charge in [0.25, 0.3) is 0 Å². The highest BCUT2D eigenvalue weighted by molar-refractivity contribution is 7.92. The minimum absolute atomic E-state index is 0.167. The van der Waals surface area contributed by atoms with Gasteiger partial charge in [-0.2, -0.15) is 0 Å². The third-order valence-corrected chi connectivity index (χ3v) is 5.03. The Morgan fingerprint density at radius 2 is 2.15 bits per heavy atom. The fraction of sp³-hybridized carbons (Fsp3) is 0.500. The van der Waals surface area contributed by atoms with Gasteiger partial charge in [0, 0.05) is 18.7 Å². The second kappa shape index (κ2) is 5.83. The first-order chi connectivity index (χ1) is 9.38. The van der Waals surface area contributed by atoms with E-state index in [1.54, 1.807) is 0 Å². The summed E-state index contributed by atoms with van der Waals surface area (Å²) in [6.45, 7) is 2.36. The molecule has 0 aromatic heterocycles. The van der Waals surface area contributed by atoms with Crippen LogP contribution in [-0.2, 0) is 21.1 Å². The van der Waals surface area contributed by atoms with Crippen molar-refractivity contribution < 1.29 is 17.9 Å². The first-order valence-electron chi connectivity index (χ1n) is 6.55. The van der Waals surface area contributed by atoms with Crippen molar-refractivity contribution >= 4 is 15.7 Å². The minimum atomic E-state index is -3.35. The zero-order valence-corrected chi connectivity index (χ0v) is 12.4. The highest BCUT2D eigenvalue weighted by Gasteiger charge is 2.25. The molecular formula is C14H19NO4S. The molecule has 2 rings (SSSR count). The van der Waals surface area contributed by atoms with Gasteiger partial charge in [0.05, 0.1) is 6.61 Å². The molecule has 1 heterocycles. The van der Waals surface area contributed by atoms with Gasteiger partial charge < -0.3 is 10.1 Å². The molecule has 1 aromatic rings. The van der Waals surface area contributed by atoms with Crippen LogP contribution in [0.5, 0.6) is 5.75 Å². The molecule has 1 amide bonds. The maximum absolute atomic E-state index is 11.7. The Hall–Kier alpha value is -1.56. The topological polar surface area (TPSA) is 72.5 Å². The van der Waals surface area contributed by atoms with Gasteiger partial charge >= 0.3 is 0 Å². The average Bonchev–Trinajstić information content (AvgIpc) is 2.42. The zero-order chi connectivity index (χ0) is 14.8. The number of hydrogen-bond donors (Lipinski definition) is 1. The van der Waals surface area contributed by atoms with Gasteiger partial charge in [0.1, 0.15) is 11.0 Å². The Bertz CT molecular complexity index is 597. The summed E-state index contributed by atoms with van der Waals surface area (Å²) >= 11 is 0. The number of carbonyl (C=O) groups is 1. The highest BCUT2D eigenvalue weighted by atomic mass is 32.2. The van der Waals surface area contributed by atoms with Crippen LogP contribution in [-0.4, -0.2) is 39.0 Å². The van der Waals surface area contributed by atoms with E-state index in [0.717, 1.165) is 24.0 Å². The van der Waals surface area contributed by atoms with Crippen LogP contribution in [0, 0.1) is 5.92 Å². The van der Waals surface area contributed by atoms with Crippen molar-refractivity contribution in [3.8, 4) is 5.75 Å². The number of rotatable bonds is 4. The molecule has 0 fully saturated rings. The molecule has 1 aromatic carbocycles. The molecule has 20 heavy (non-hydrogen) atoms. The Morgan fingerprint density at radius 1 is 1.45 bits per heavy atom. The van der Waals surface area contributed by atoms with Crippen LogP contribution in [0.4, 0.5) is 0 Å². The van der Waals surface area contributed by atoms with Gasteiger partial charge in [-0.05, 0) is 25.0 Å². The van der Waals surface area contributed by atoms with Crippen molar-refractivity contribution in [1.82, 2.24) is 5.32 Å². The fourth-order valence-corrected chi connectivity index (χ4v) is 2.58. The molecule has 0 unspecified atom stereocenters. The quantitative estimate of drug-likeness (QED) is 0.891. The molecule has 1 N–H and O–H groups in total. The maximum atomic E-state index is 11.7. The van der Waals surface area contributed by atoms with Gasteiger partial charge in [-0.25, -0.2) is 8.42 Å². The Labute approximate surface area is 119 Å². The Kier molecular flexibility index (Phi) is 4.32. The normalized spacial score (nSPS) is 19.6. The van der Waals surface area contributed by atoms with Crippen LogP contribution < -0.4 is 10.1 Å². The monoisotopic (exact) mass is 297 g/mol. The number of fused-ring (bicyclic) bond motifs is 1. The van der Waals surface area contributed by atoms with Gasteiger partial charge in [-0.15, -0.1) is 0 Å². The van der Waals surface area contributed by atoms with E-state index in [1.807, 2.05) is 24.3 Å². The predicted molar refractivity (Wildman–Crippen MR) is 76.4 cm³/mol. The second-order valence-electron chi connectivity index (χ2n) is 5.21. The summed E-state index contributed by atoms with van der Waals surface area (Å²) in [5, 5.41) is 1.68. The van der Waals surface area contributed by atoms with Gasteiger partial charge in [-0.3, -0.25) is 4.79 Å². The predicted octanol–water partition coefficient (Wildman–Crippen LogP) is 0.787. The summed E-state index contributed by atoms with van der Waals surface area (Å²) < 4.78 is 28.2. The Balaban J connectivity index is 1.89. The first kappa shape index (κ1) is 14.8. The first-order valence-corrected chi connectivity index (χ1v) is 8.50. The highest BCUT2D eigenvalue weighted by Crippen LogP contribution is 2.26. The number of amides is 1. The van der Waals surface area contributed by atoms with E-state index >= 15 is 0 Å². The van der Waals surface area contributed by atoms with Gasteiger partial charge in [0.2, 0.25) is 5.91 Å². The number of ether oxygens (including phenoxy) is 1. The molecule has 110 valence electrons. The Morgan fingerprint density at radius 3 is 2.85 bits per heavy atom. The third kappa shape index (κ3) is 3.50. The molecular weight excluding hydrogens is 278 g/mol. The van der Waals surface area contributed by atoms with Crippen molar-refractivity contribution in [2.75, 3.05) is 19.4 Å². The van der Waals surface area contributed by atoms with Crippen LogP contribution in [0.15, 0.2) is 24.3 Å². The molecule has 2 atom stereocenters. The molecule has 6 heteroatoms. The summed E-state index contributed by atoms with van der Waals surface area (Å²) in [5.41, 5.74) is 1.12. The van der Waals surface area contributed by atoms with E-state index in [1.165, 1.54) is 6.92 Å². The molecule has 0 aliphatic carbocycles. The molecule has 5 nitrogen and oxygen atoms in total. The number of carbonyl (C=O) groups excluding carboxylic acids is 1. The number of hydrogen-bond acceptors (Lipinski definition) is 4. The second-order valence-corrected chi connectivity index (χ2v) is 7.57. The van der Waals surface area contributed by atoms with E-state index in [9.17, 15) is 13.2 Å². The fourth-order valence-electron chi connectivity index (χ4n) is 2.11. The lowest BCUT2D eigenvalue weighted by molar-refractivity contribution is -0.120. The van der Waals surface area contributed by atoms with E-state index in [2.05, 4.69) is 5.32 Å². The van der Waals surface area contributed by atoms with Crippen molar-refractivity contribution in [3.05, 3.63) is 29.8 Å². The number of nitrogens with one attached hydrogen (secondary N) is 1. The largest absolute Gasteiger partial charge is 0.493 e. The minimum Gasteiger partial charge on any atom is -0.493 e. The number of sulfone groups is 1. The van der Waals surface area contributed by atoms with Crippen LogP contribution in [0.25, 0.3) is 0 Å². The SMILES string of the molecule is C[C@H](C(=O)NC[C@@H]1COc2ccccc2C1)S(C)(=O)=O. The summed E-state index contributed by atoms with van der Waals surface area (Å²) in [4.78, 5) is 11.7. The van der Waals surface area contributed by atoms with Crippen LogP contribution >= 0.6 is 0 Å². The van der Waals surface area contributed by atoms with Crippen molar-refractivity contribution in [3.63, 3.8) is 0 Å². The molecule has 0 saturated heterocycles. The maximum Gasteiger partial charge on any atom is 0.238 e. The molecule has 0 saturated carbocycles. The number of benzene rings is 1. The molecule has 1 aliphatic heterocycles. The molecule has 0 spiro atoms. The molecule has 0 radical (unpaired) electrons. The van der Waals surface area contributed by atoms with Gasteiger partial charge in [-0.1, -0.05) is 18.2 Å². The molecule has 0 bridgehead atoms. The lowest BCUT2D eigenvalue weighted by Crippen LogP contribution is -2.41. The van der Waals surface area contributed by atoms with E-state index in [0.29, 0.717) is 13.2 Å². The van der Waals surface area contributed by atoms with Crippen LogP contribution in [0.3, 0.4) is 0 Å². The van der Waals surface area contributed by atoms with Crippen LogP contribution in [0.2, 0.25) is 0 Å². The zero-order valence-electron chi connectivity index (χ0n) is 11.6. The summed E-state index contributed by atoms with van der Waals surface area (Å²) in [6, 6.07) is 7.81. The van der Waals surface area contributed by atoms with Crippen molar-refractivity contribution in [1.29, 1.82) is 0 Å². The van der Waals surface area contributed by atoms with Gasteiger partial charge in [0.15, 0.2) is 9.84 Å². The lowest BCUT2D eigenvalue weighted by atomic mass is 9.97. The lowest BCUT2D eigenvalue weighted by Gasteiger charge is -2.25.